The van der Waals surface area contributed by atoms with Crippen molar-refractivity contribution in [2.45, 2.75) is 418 Å². The molecule has 478 valence electrons. The first-order chi connectivity index (χ1) is 40.0. The van der Waals surface area contributed by atoms with E-state index in [2.05, 4.69) is 43.5 Å². The van der Waals surface area contributed by atoms with Crippen molar-refractivity contribution in [1.29, 1.82) is 0 Å². The summed E-state index contributed by atoms with van der Waals surface area (Å²) in [6.07, 6.45) is 91.1. The number of aliphatic hydroxyl groups is 2. The minimum Gasteiger partial charge on any atom is -0.466 e. The number of ether oxygens (including phenoxy) is 1. The molecule has 2 unspecified atom stereocenters. The second kappa shape index (κ2) is 70.6. The third-order valence-electron chi connectivity index (χ3n) is 17.2. The number of carbonyl (C=O) groups is 2. The number of rotatable bonds is 69. The minimum atomic E-state index is -0.841. The van der Waals surface area contributed by atoms with E-state index in [-0.39, 0.29) is 18.5 Å². The molecule has 0 aromatic heterocycles. The van der Waals surface area contributed by atoms with Gasteiger partial charge in [0, 0.05) is 12.8 Å². The van der Waals surface area contributed by atoms with Crippen molar-refractivity contribution < 1.29 is 24.5 Å². The molecule has 0 rings (SSSR count). The zero-order valence-electron chi connectivity index (χ0n) is 54.8. The second-order valence-corrected chi connectivity index (χ2v) is 25.3. The molecule has 0 aromatic carbocycles. The summed E-state index contributed by atoms with van der Waals surface area (Å²) < 4.78 is 5.51. The zero-order valence-corrected chi connectivity index (χ0v) is 54.8. The van der Waals surface area contributed by atoms with Crippen molar-refractivity contribution in [1.82, 2.24) is 5.32 Å². The molecule has 0 aliphatic heterocycles. The van der Waals surface area contributed by atoms with Crippen molar-refractivity contribution in [3.63, 3.8) is 0 Å². The third kappa shape index (κ3) is 67.1. The van der Waals surface area contributed by atoms with E-state index in [1.54, 1.807) is 6.08 Å². The number of nitrogens with one attached hydrogen (secondary N) is 1. The smallest absolute Gasteiger partial charge is 0.305 e. The van der Waals surface area contributed by atoms with Crippen molar-refractivity contribution in [2.75, 3.05) is 13.2 Å². The molecule has 0 spiro atoms. The van der Waals surface area contributed by atoms with E-state index in [0.717, 1.165) is 44.9 Å². The van der Waals surface area contributed by atoms with Gasteiger partial charge in [-0.3, -0.25) is 9.59 Å². The van der Waals surface area contributed by atoms with Crippen molar-refractivity contribution in [2.24, 2.45) is 0 Å². The molecule has 0 aromatic rings. The molecule has 0 fully saturated rings. The fourth-order valence-corrected chi connectivity index (χ4v) is 11.6. The van der Waals surface area contributed by atoms with Gasteiger partial charge in [0.05, 0.1) is 25.4 Å². The maximum absolute atomic E-state index is 12.4. The first-order valence-corrected chi connectivity index (χ1v) is 36.8. The van der Waals surface area contributed by atoms with E-state index in [1.807, 2.05) is 6.08 Å². The predicted molar refractivity (Wildman–Crippen MR) is 356 cm³/mol. The van der Waals surface area contributed by atoms with Crippen LogP contribution in [0.25, 0.3) is 0 Å². The van der Waals surface area contributed by atoms with E-state index in [4.69, 9.17) is 4.74 Å². The quantitative estimate of drug-likeness (QED) is 0.0320. The number of hydrogen-bond donors (Lipinski definition) is 3. The summed E-state index contributed by atoms with van der Waals surface area (Å²) in [5.41, 5.74) is 0. The normalized spacial score (nSPS) is 12.7. The molecule has 0 bridgehead atoms. The summed E-state index contributed by atoms with van der Waals surface area (Å²) in [6, 6.07) is -0.624. The number of allylic oxidation sites excluding steroid dienone is 5. The molecule has 0 saturated heterocycles. The van der Waals surface area contributed by atoms with Crippen molar-refractivity contribution in [3.8, 4) is 0 Å². The van der Waals surface area contributed by atoms with Crippen LogP contribution in [-0.4, -0.2) is 47.4 Å². The molecule has 0 heterocycles. The Morgan fingerprint density at radius 1 is 0.346 bits per heavy atom. The van der Waals surface area contributed by atoms with Crippen LogP contribution in [0.3, 0.4) is 0 Å². The minimum absolute atomic E-state index is 0.0225. The molecular formula is C75H143NO5. The molecule has 0 aliphatic rings. The summed E-state index contributed by atoms with van der Waals surface area (Å²) in [4.78, 5) is 24.5. The number of carbonyl (C=O) groups excluding carboxylic acids is 2. The van der Waals surface area contributed by atoms with Gasteiger partial charge in [-0.25, -0.2) is 0 Å². The van der Waals surface area contributed by atoms with Gasteiger partial charge in [0.15, 0.2) is 0 Å². The summed E-state index contributed by atoms with van der Waals surface area (Å²) in [6.45, 7) is 4.92. The van der Waals surface area contributed by atoms with Crippen LogP contribution in [0, 0.1) is 0 Å². The SMILES string of the molecule is CCCCCCCCCCC/C=C/C(O)C(CO)NC(=O)CCCCCCCCCCCCCCCCCCC/C=C\C/C=C\CCCCCCCCCCCCCCCOC(=O)CCCCCCCCCCCCCCCCCC. The van der Waals surface area contributed by atoms with E-state index in [1.165, 1.54) is 334 Å². The average Bonchev–Trinajstić information content (AvgIpc) is 3.47. The van der Waals surface area contributed by atoms with Crippen LogP contribution in [0.5, 0.6) is 0 Å². The van der Waals surface area contributed by atoms with Gasteiger partial charge in [0.25, 0.3) is 0 Å². The molecule has 1 amide bonds. The summed E-state index contributed by atoms with van der Waals surface area (Å²) >= 11 is 0. The lowest BCUT2D eigenvalue weighted by Gasteiger charge is -2.20. The number of hydrogen-bond acceptors (Lipinski definition) is 5. The lowest BCUT2D eigenvalue weighted by Crippen LogP contribution is -2.45. The van der Waals surface area contributed by atoms with Crippen molar-refractivity contribution >= 4 is 11.9 Å². The number of esters is 1. The molecule has 2 atom stereocenters. The molecular weight excluding hydrogens is 995 g/mol. The van der Waals surface area contributed by atoms with E-state index >= 15 is 0 Å². The second-order valence-electron chi connectivity index (χ2n) is 25.3. The Labute approximate surface area is 506 Å². The van der Waals surface area contributed by atoms with Crippen LogP contribution in [0.4, 0.5) is 0 Å². The van der Waals surface area contributed by atoms with Gasteiger partial charge >= 0.3 is 5.97 Å². The average molecular weight is 1140 g/mol. The first kappa shape index (κ1) is 79.1. The third-order valence-corrected chi connectivity index (χ3v) is 17.2. The Hall–Kier alpha value is -1.92. The monoisotopic (exact) mass is 1140 g/mol. The highest BCUT2D eigenvalue weighted by molar-refractivity contribution is 5.76. The predicted octanol–water partition coefficient (Wildman–Crippen LogP) is 23.9. The number of aliphatic hydroxyl groups excluding tert-OH is 2. The molecule has 6 nitrogen and oxygen atoms in total. The fourth-order valence-electron chi connectivity index (χ4n) is 11.6. The van der Waals surface area contributed by atoms with Crippen molar-refractivity contribution in [3.05, 3.63) is 36.5 Å². The topological polar surface area (TPSA) is 95.9 Å². The highest BCUT2D eigenvalue weighted by Gasteiger charge is 2.18. The lowest BCUT2D eigenvalue weighted by atomic mass is 10.0. The molecule has 0 saturated carbocycles. The highest BCUT2D eigenvalue weighted by atomic mass is 16.5. The fraction of sp³-hybridized carbons (Fsp3) is 0.893. The van der Waals surface area contributed by atoms with Crippen LogP contribution in [0.15, 0.2) is 36.5 Å². The van der Waals surface area contributed by atoms with Gasteiger partial charge in [0.2, 0.25) is 5.91 Å². The van der Waals surface area contributed by atoms with Crippen LogP contribution < -0.4 is 5.32 Å². The Morgan fingerprint density at radius 2 is 0.617 bits per heavy atom. The van der Waals surface area contributed by atoms with Crippen LogP contribution in [0.2, 0.25) is 0 Å². The Kier molecular flexibility index (Phi) is 68.9. The van der Waals surface area contributed by atoms with Crippen LogP contribution >= 0.6 is 0 Å². The van der Waals surface area contributed by atoms with E-state index < -0.39 is 12.1 Å². The van der Waals surface area contributed by atoms with Crippen LogP contribution in [-0.2, 0) is 14.3 Å². The zero-order chi connectivity index (χ0) is 58.5. The largest absolute Gasteiger partial charge is 0.466 e. The van der Waals surface area contributed by atoms with Gasteiger partial charge < -0.3 is 20.3 Å². The Balaban J connectivity index is 3.34. The van der Waals surface area contributed by atoms with Gasteiger partial charge in [-0.2, -0.15) is 0 Å². The van der Waals surface area contributed by atoms with Gasteiger partial charge in [-0.15, -0.1) is 0 Å². The summed E-state index contributed by atoms with van der Waals surface area (Å²) in [5.74, 6) is -0.0426. The lowest BCUT2D eigenvalue weighted by molar-refractivity contribution is -0.143. The Bertz CT molecular complexity index is 1310. The van der Waals surface area contributed by atoms with Gasteiger partial charge in [-0.1, -0.05) is 365 Å². The summed E-state index contributed by atoms with van der Waals surface area (Å²) in [7, 11) is 0. The van der Waals surface area contributed by atoms with Gasteiger partial charge in [0.1, 0.15) is 0 Å². The van der Waals surface area contributed by atoms with Gasteiger partial charge in [-0.05, 0) is 64.2 Å². The van der Waals surface area contributed by atoms with E-state index in [0.29, 0.717) is 19.4 Å². The maximum Gasteiger partial charge on any atom is 0.305 e. The number of unbranched alkanes of at least 4 members (excludes halogenated alkanes) is 54. The molecule has 6 heteroatoms. The molecule has 3 N–H and O–H groups in total. The van der Waals surface area contributed by atoms with E-state index in [9.17, 15) is 19.8 Å². The molecule has 0 radical (unpaired) electrons. The maximum atomic E-state index is 12.4. The standard InChI is InChI=1S/C75H143NO5/c1-3-5-7-9-11-13-15-16-17-42-45-49-53-57-61-65-69-75(80)81-70-66-62-58-54-50-46-43-40-38-36-34-32-30-28-26-24-22-20-18-19-21-23-25-27-29-31-33-35-37-39-41-44-48-52-56-60-64-68-74(79)76-72(71-77)73(78)67-63-59-55-51-47-14-12-10-8-6-4-2/h18,20,24,26,63,67,72-73,77-78H,3-17,19,21-23,25,27-62,64-66,68-71H2,1-2H3,(H,76,79)/b20-18-,26-24-,67-63+. The Morgan fingerprint density at radius 3 is 0.938 bits per heavy atom. The number of amides is 1. The molecule has 0 aliphatic carbocycles. The highest BCUT2D eigenvalue weighted by Crippen LogP contribution is 2.19. The first-order valence-electron chi connectivity index (χ1n) is 36.8. The molecule has 81 heavy (non-hydrogen) atoms. The van der Waals surface area contributed by atoms with Crippen LogP contribution in [0.1, 0.15) is 406 Å². The summed E-state index contributed by atoms with van der Waals surface area (Å²) in [5, 5.41) is 23.1.